The molecule has 2 unspecified atom stereocenters. The largest absolute Gasteiger partial charge is 0.481 e. The highest BCUT2D eigenvalue weighted by molar-refractivity contribution is 5.74. The molecule has 1 rings (SSSR count). The summed E-state index contributed by atoms with van der Waals surface area (Å²) < 4.78 is 0. The van der Waals surface area contributed by atoms with Crippen LogP contribution >= 0.6 is 0 Å². The summed E-state index contributed by atoms with van der Waals surface area (Å²) in [5, 5.41) is 11.5. The lowest BCUT2D eigenvalue weighted by Gasteiger charge is -1.80. The number of aliphatic carboxylic acids is 1. The molecule has 5 heteroatoms. The Morgan fingerprint density at radius 1 is 1.89 bits per heavy atom. The number of carboxylic acid groups (broad SMARTS) is 1. The molecular formula is C4H5N3O2. The Bertz CT molecular complexity index is 178. The molecule has 1 aliphatic rings. The van der Waals surface area contributed by atoms with Gasteiger partial charge in [0.1, 0.15) is 0 Å². The first kappa shape index (κ1) is 5.91. The fourth-order valence-electron chi connectivity index (χ4n) is 0.641. The molecule has 0 saturated heterocycles. The average Bonchev–Trinajstić information content (AvgIpc) is 2.47. The van der Waals surface area contributed by atoms with E-state index in [1.54, 1.807) is 0 Å². The van der Waals surface area contributed by atoms with Gasteiger partial charge in [0, 0.05) is 4.91 Å². The maximum atomic E-state index is 10.1. The Morgan fingerprint density at radius 3 is 2.89 bits per heavy atom. The second-order valence-corrected chi connectivity index (χ2v) is 1.95. The molecule has 0 aromatic heterocycles. The summed E-state index contributed by atoms with van der Waals surface area (Å²) in [6.45, 7) is 0. The number of azide groups is 1. The lowest BCUT2D eigenvalue weighted by atomic mass is 10.4. The molecule has 0 heterocycles. The predicted molar refractivity (Wildman–Crippen MR) is 28.7 cm³/mol. The number of nitrogens with zero attached hydrogens (tertiary/aromatic N) is 3. The van der Waals surface area contributed by atoms with Gasteiger partial charge >= 0.3 is 5.97 Å². The second-order valence-electron chi connectivity index (χ2n) is 1.95. The van der Waals surface area contributed by atoms with Gasteiger partial charge in [-0.05, 0) is 12.0 Å². The summed E-state index contributed by atoms with van der Waals surface area (Å²) in [5.41, 5.74) is 7.84. The molecule has 0 aliphatic heterocycles. The number of hydrogen-bond acceptors (Lipinski definition) is 2. The molecule has 48 valence electrons. The van der Waals surface area contributed by atoms with Crippen molar-refractivity contribution in [3.63, 3.8) is 0 Å². The van der Waals surface area contributed by atoms with Gasteiger partial charge in [-0.3, -0.25) is 4.79 Å². The van der Waals surface area contributed by atoms with Crippen molar-refractivity contribution >= 4 is 5.97 Å². The molecule has 1 aliphatic carbocycles. The quantitative estimate of drug-likeness (QED) is 0.337. The van der Waals surface area contributed by atoms with Crippen molar-refractivity contribution in [3.05, 3.63) is 10.4 Å². The Kier molecular flexibility index (Phi) is 1.28. The summed E-state index contributed by atoms with van der Waals surface area (Å²) in [5.74, 6) is -1.28. The van der Waals surface area contributed by atoms with E-state index in [4.69, 9.17) is 10.6 Å². The first-order chi connectivity index (χ1) is 4.25. The van der Waals surface area contributed by atoms with Crippen LogP contribution in [-0.2, 0) is 4.79 Å². The highest BCUT2D eigenvalue weighted by Gasteiger charge is 2.42. The van der Waals surface area contributed by atoms with E-state index in [-0.39, 0.29) is 6.04 Å². The molecule has 1 saturated carbocycles. The summed E-state index contributed by atoms with van der Waals surface area (Å²) in [7, 11) is 0. The number of hydrogen-bond donors (Lipinski definition) is 1. The third kappa shape index (κ3) is 1.12. The third-order valence-electron chi connectivity index (χ3n) is 1.27. The molecule has 0 aromatic rings. The van der Waals surface area contributed by atoms with Crippen LogP contribution in [0.2, 0.25) is 0 Å². The molecule has 0 radical (unpaired) electrons. The zero-order valence-electron chi connectivity index (χ0n) is 4.56. The molecule has 0 spiro atoms. The summed E-state index contributed by atoms with van der Waals surface area (Å²) in [6.07, 6.45) is 0.499. The highest BCUT2D eigenvalue weighted by Crippen LogP contribution is 2.33. The lowest BCUT2D eigenvalue weighted by Crippen LogP contribution is -1.99. The van der Waals surface area contributed by atoms with Gasteiger partial charge in [-0.2, -0.15) is 0 Å². The lowest BCUT2D eigenvalue weighted by molar-refractivity contribution is -0.138. The van der Waals surface area contributed by atoms with E-state index in [1.807, 2.05) is 0 Å². The first-order valence-corrected chi connectivity index (χ1v) is 2.52. The molecule has 9 heavy (non-hydrogen) atoms. The van der Waals surface area contributed by atoms with Gasteiger partial charge in [0.25, 0.3) is 0 Å². The molecule has 1 fully saturated rings. The van der Waals surface area contributed by atoms with Crippen molar-refractivity contribution in [2.75, 3.05) is 0 Å². The molecule has 0 bridgehead atoms. The Balaban J connectivity index is 2.41. The zero-order valence-corrected chi connectivity index (χ0v) is 4.56. The number of carboxylic acids is 1. The third-order valence-corrected chi connectivity index (χ3v) is 1.27. The van der Waals surface area contributed by atoms with Crippen molar-refractivity contribution in [1.29, 1.82) is 0 Å². The minimum atomic E-state index is -0.868. The normalized spacial score (nSPS) is 30.7. The van der Waals surface area contributed by atoms with Gasteiger partial charge in [0.15, 0.2) is 0 Å². The number of rotatable bonds is 2. The number of carbonyl (C=O) groups is 1. The minimum absolute atomic E-state index is 0.285. The average molecular weight is 127 g/mol. The minimum Gasteiger partial charge on any atom is -0.481 e. The van der Waals surface area contributed by atoms with Crippen LogP contribution in [0.1, 0.15) is 6.42 Å². The molecule has 1 N–H and O–H groups in total. The van der Waals surface area contributed by atoms with Gasteiger partial charge < -0.3 is 5.11 Å². The van der Waals surface area contributed by atoms with E-state index < -0.39 is 11.9 Å². The maximum Gasteiger partial charge on any atom is 0.306 e. The molecule has 0 amide bonds. The highest BCUT2D eigenvalue weighted by atomic mass is 16.4. The van der Waals surface area contributed by atoms with Gasteiger partial charge in [-0.25, -0.2) is 0 Å². The van der Waals surface area contributed by atoms with Crippen LogP contribution in [0.3, 0.4) is 0 Å². The topological polar surface area (TPSA) is 86.1 Å². The fraction of sp³-hybridized carbons (Fsp3) is 0.750. The predicted octanol–water partition coefficient (Wildman–Crippen LogP) is 0.770. The van der Waals surface area contributed by atoms with Gasteiger partial charge in [-0.1, -0.05) is 5.11 Å². The SMILES string of the molecule is [N-]=[N+]=NC1CC1C(=O)O. The Morgan fingerprint density at radius 2 is 2.56 bits per heavy atom. The van der Waals surface area contributed by atoms with Crippen LogP contribution in [0.25, 0.3) is 10.4 Å². The summed E-state index contributed by atoms with van der Waals surface area (Å²) in [6, 6.07) is -0.285. The van der Waals surface area contributed by atoms with E-state index in [2.05, 4.69) is 10.0 Å². The smallest absolute Gasteiger partial charge is 0.306 e. The van der Waals surface area contributed by atoms with Crippen LogP contribution in [0, 0.1) is 5.92 Å². The monoisotopic (exact) mass is 127 g/mol. The van der Waals surface area contributed by atoms with Crippen LogP contribution < -0.4 is 0 Å². The Labute approximate surface area is 50.9 Å². The van der Waals surface area contributed by atoms with Gasteiger partial charge in [0.2, 0.25) is 0 Å². The Hall–Kier alpha value is -1.22. The maximum absolute atomic E-state index is 10.1. The van der Waals surface area contributed by atoms with Crippen LogP contribution in [0.5, 0.6) is 0 Å². The fourth-order valence-corrected chi connectivity index (χ4v) is 0.641. The standard InChI is InChI=1S/C4H5N3O2/c5-7-6-3-1-2(3)4(8)9/h2-3H,1H2,(H,8,9). The molecule has 0 aromatic carbocycles. The van der Waals surface area contributed by atoms with Gasteiger partial charge in [0.05, 0.1) is 12.0 Å². The second kappa shape index (κ2) is 1.95. The molecule has 2 atom stereocenters. The van der Waals surface area contributed by atoms with Crippen LogP contribution in [-0.4, -0.2) is 17.1 Å². The van der Waals surface area contributed by atoms with Crippen LogP contribution in [0.4, 0.5) is 0 Å². The zero-order chi connectivity index (χ0) is 6.85. The summed E-state index contributed by atoms with van der Waals surface area (Å²) >= 11 is 0. The van der Waals surface area contributed by atoms with Crippen molar-refractivity contribution in [3.8, 4) is 0 Å². The van der Waals surface area contributed by atoms with E-state index in [1.165, 1.54) is 0 Å². The first-order valence-electron chi connectivity index (χ1n) is 2.52. The van der Waals surface area contributed by atoms with E-state index in [0.29, 0.717) is 6.42 Å². The van der Waals surface area contributed by atoms with Crippen molar-refractivity contribution in [2.45, 2.75) is 12.5 Å². The van der Waals surface area contributed by atoms with Crippen molar-refractivity contribution in [2.24, 2.45) is 11.0 Å². The summed E-state index contributed by atoms with van der Waals surface area (Å²) in [4.78, 5) is 12.6. The van der Waals surface area contributed by atoms with E-state index in [9.17, 15) is 4.79 Å². The molecule has 5 nitrogen and oxygen atoms in total. The van der Waals surface area contributed by atoms with E-state index in [0.717, 1.165) is 0 Å². The van der Waals surface area contributed by atoms with Crippen molar-refractivity contribution in [1.82, 2.24) is 0 Å². The molecular weight excluding hydrogens is 122 g/mol. The van der Waals surface area contributed by atoms with Crippen LogP contribution in [0.15, 0.2) is 5.11 Å². The van der Waals surface area contributed by atoms with Gasteiger partial charge in [-0.15, -0.1) is 0 Å². The van der Waals surface area contributed by atoms with E-state index >= 15 is 0 Å². The van der Waals surface area contributed by atoms with Crippen molar-refractivity contribution < 1.29 is 9.90 Å².